The van der Waals surface area contributed by atoms with Gasteiger partial charge in [0.25, 0.3) is 5.91 Å². The SMILES string of the molecule is CC(C(=O)Nc1cccc(S(=O)(=O)N(C)C)c1)n1nnc(-c2ccc(Br)cc2)n1. The van der Waals surface area contributed by atoms with Crippen molar-refractivity contribution in [1.29, 1.82) is 0 Å². The van der Waals surface area contributed by atoms with Crippen LogP contribution in [0.15, 0.2) is 57.9 Å². The zero-order valence-electron chi connectivity index (χ0n) is 15.9. The third-order valence-corrected chi connectivity index (χ3v) is 6.48. The molecule has 2 aromatic carbocycles. The summed E-state index contributed by atoms with van der Waals surface area (Å²) in [6.07, 6.45) is 0. The first-order valence-corrected chi connectivity index (χ1v) is 10.8. The standard InChI is InChI=1S/C18H19BrN6O3S/c1-12(25-22-17(21-23-25)13-7-9-14(19)10-8-13)18(26)20-15-5-4-6-16(11-15)29(27,28)24(2)3/h4-12H,1-3H3,(H,20,26). The lowest BCUT2D eigenvalue weighted by atomic mass is 10.2. The third-order valence-electron chi connectivity index (χ3n) is 4.14. The van der Waals surface area contributed by atoms with E-state index in [9.17, 15) is 13.2 Å². The lowest BCUT2D eigenvalue weighted by Crippen LogP contribution is -2.26. The molecule has 0 aliphatic heterocycles. The van der Waals surface area contributed by atoms with Gasteiger partial charge in [-0.1, -0.05) is 22.0 Å². The highest BCUT2D eigenvalue weighted by molar-refractivity contribution is 9.10. The summed E-state index contributed by atoms with van der Waals surface area (Å²) in [5, 5.41) is 14.9. The van der Waals surface area contributed by atoms with Gasteiger partial charge >= 0.3 is 0 Å². The maximum absolute atomic E-state index is 12.6. The minimum absolute atomic E-state index is 0.0874. The van der Waals surface area contributed by atoms with Gasteiger partial charge in [0.1, 0.15) is 6.04 Å². The number of carbonyl (C=O) groups excluding carboxylic acids is 1. The van der Waals surface area contributed by atoms with Crippen molar-refractivity contribution < 1.29 is 13.2 Å². The van der Waals surface area contributed by atoms with E-state index in [0.29, 0.717) is 11.5 Å². The fourth-order valence-electron chi connectivity index (χ4n) is 2.40. The summed E-state index contributed by atoms with van der Waals surface area (Å²) < 4.78 is 26.6. The first-order valence-electron chi connectivity index (χ1n) is 8.57. The fraction of sp³-hybridized carbons (Fsp3) is 0.222. The van der Waals surface area contributed by atoms with Crippen molar-refractivity contribution in [3.63, 3.8) is 0 Å². The van der Waals surface area contributed by atoms with E-state index in [2.05, 4.69) is 36.7 Å². The van der Waals surface area contributed by atoms with Gasteiger partial charge in [0.2, 0.25) is 15.8 Å². The molecule has 0 bridgehead atoms. The van der Waals surface area contributed by atoms with E-state index in [1.54, 1.807) is 19.1 Å². The topological polar surface area (TPSA) is 110 Å². The van der Waals surface area contributed by atoms with Crippen molar-refractivity contribution in [3.05, 3.63) is 53.0 Å². The van der Waals surface area contributed by atoms with E-state index in [0.717, 1.165) is 14.3 Å². The van der Waals surface area contributed by atoms with Gasteiger partial charge in [0, 0.05) is 29.8 Å². The Hall–Kier alpha value is -2.63. The van der Waals surface area contributed by atoms with Crippen LogP contribution in [0.3, 0.4) is 0 Å². The van der Waals surface area contributed by atoms with Crippen LogP contribution in [-0.2, 0) is 14.8 Å². The van der Waals surface area contributed by atoms with Crippen LogP contribution in [0.4, 0.5) is 5.69 Å². The van der Waals surface area contributed by atoms with Gasteiger partial charge in [-0.15, -0.1) is 10.2 Å². The number of tetrazole rings is 1. The fourth-order valence-corrected chi connectivity index (χ4v) is 3.61. The molecule has 1 atom stereocenters. The smallest absolute Gasteiger partial charge is 0.250 e. The van der Waals surface area contributed by atoms with Crippen LogP contribution in [0.1, 0.15) is 13.0 Å². The predicted octanol–water partition coefficient (Wildman–Crippen LogP) is 2.55. The molecule has 1 unspecified atom stereocenters. The molecule has 0 radical (unpaired) electrons. The van der Waals surface area contributed by atoms with Crippen molar-refractivity contribution in [2.75, 3.05) is 19.4 Å². The number of benzene rings is 2. The van der Waals surface area contributed by atoms with E-state index in [-0.39, 0.29) is 4.90 Å². The van der Waals surface area contributed by atoms with E-state index >= 15 is 0 Å². The Morgan fingerprint density at radius 2 is 1.86 bits per heavy atom. The number of aromatic nitrogens is 4. The molecule has 1 amide bonds. The number of rotatable bonds is 6. The van der Waals surface area contributed by atoms with Crippen molar-refractivity contribution in [2.24, 2.45) is 0 Å². The highest BCUT2D eigenvalue weighted by Gasteiger charge is 2.21. The van der Waals surface area contributed by atoms with Crippen LogP contribution >= 0.6 is 15.9 Å². The number of nitrogens with one attached hydrogen (secondary N) is 1. The summed E-state index contributed by atoms with van der Waals surface area (Å²) in [5.41, 5.74) is 1.13. The summed E-state index contributed by atoms with van der Waals surface area (Å²) in [6, 6.07) is 12.7. The molecule has 11 heteroatoms. The molecule has 0 saturated heterocycles. The lowest BCUT2D eigenvalue weighted by molar-refractivity contribution is -0.119. The number of amides is 1. The van der Waals surface area contributed by atoms with Crippen molar-refractivity contribution >= 4 is 37.5 Å². The van der Waals surface area contributed by atoms with E-state index in [1.165, 1.54) is 31.0 Å². The van der Waals surface area contributed by atoms with Gasteiger partial charge in [-0.3, -0.25) is 4.79 Å². The molecule has 0 spiro atoms. The zero-order chi connectivity index (χ0) is 21.2. The minimum atomic E-state index is -3.60. The lowest BCUT2D eigenvalue weighted by Gasteiger charge is -2.14. The van der Waals surface area contributed by atoms with E-state index in [1.807, 2.05) is 24.3 Å². The molecule has 0 aliphatic carbocycles. The van der Waals surface area contributed by atoms with Crippen molar-refractivity contribution in [3.8, 4) is 11.4 Å². The Bertz CT molecular complexity index is 1130. The number of sulfonamides is 1. The van der Waals surface area contributed by atoms with Crippen molar-refractivity contribution in [2.45, 2.75) is 17.9 Å². The molecule has 0 saturated carbocycles. The Morgan fingerprint density at radius 3 is 2.52 bits per heavy atom. The average molecular weight is 479 g/mol. The first-order chi connectivity index (χ1) is 13.7. The van der Waals surface area contributed by atoms with Gasteiger partial charge in [0.05, 0.1) is 4.90 Å². The molecule has 152 valence electrons. The molecule has 1 N–H and O–H groups in total. The average Bonchev–Trinajstić information content (AvgIpc) is 3.18. The number of halogens is 1. The molecular formula is C18H19BrN6O3S. The van der Waals surface area contributed by atoms with Gasteiger partial charge < -0.3 is 5.32 Å². The number of carbonyl (C=O) groups is 1. The highest BCUT2D eigenvalue weighted by Crippen LogP contribution is 2.20. The van der Waals surface area contributed by atoms with Crippen LogP contribution < -0.4 is 5.32 Å². The molecule has 9 nitrogen and oxygen atoms in total. The number of hydrogen-bond acceptors (Lipinski definition) is 6. The molecular weight excluding hydrogens is 460 g/mol. The molecule has 1 heterocycles. The molecule has 3 rings (SSSR count). The second-order valence-electron chi connectivity index (χ2n) is 6.42. The Balaban J connectivity index is 1.76. The van der Waals surface area contributed by atoms with Crippen LogP contribution in [-0.4, -0.2) is 52.9 Å². The summed E-state index contributed by atoms with van der Waals surface area (Å²) in [4.78, 5) is 13.9. The predicted molar refractivity (Wildman–Crippen MR) is 112 cm³/mol. The van der Waals surface area contributed by atoms with Gasteiger partial charge in [0.15, 0.2) is 0 Å². The molecule has 29 heavy (non-hydrogen) atoms. The van der Waals surface area contributed by atoms with Crippen LogP contribution in [0.2, 0.25) is 0 Å². The summed E-state index contributed by atoms with van der Waals surface area (Å²) >= 11 is 3.37. The van der Waals surface area contributed by atoms with Crippen LogP contribution in [0.5, 0.6) is 0 Å². The highest BCUT2D eigenvalue weighted by atomic mass is 79.9. The van der Waals surface area contributed by atoms with Crippen LogP contribution in [0, 0.1) is 0 Å². The Morgan fingerprint density at radius 1 is 1.17 bits per heavy atom. The number of nitrogens with zero attached hydrogens (tertiary/aromatic N) is 5. The van der Waals surface area contributed by atoms with Gasteiger partial charge in [-0.05, 0) is 54.6 Å². The van der Waals surface area contributed by atoms with Gasteiger partial charge in [-0.2, -0.15) is 4.80 Å². The first kappa shape index (κ1) is 21.1. The van der Waals surface area contributed by atoms with Gasteiger partial charge in [-0.25, -0.2) is 12.7 Å². The monoisotopic (exact) mass is 478 g/mol. The Labute approximate surface area is 176 Å². The largest absolute Gasteiger partial charge is 0.324 e. The van der Waals surface area contributed by atoms with Crippen LogP contribution in [0.25, 0.3) is 11.4 Å². The summed E-state index contributed by atoms with van der Waals surface area (Å²) in [7, 11) is -0.706. The normalized spacial score (nSPS) is 12.7. The minimum Gasteiger partial charge on any atom is -0.324 e. The number of hydrogen-bond donors (Lipinski definition) is 1. The maximum Gasteiger partial charge on any atom is 0.250 e. The van der Waals surface area contributed by atoms with Crippen molar-refractivity contribution in [1.82, 2.24) is 24.5 Å². The second kappa shape index (κ2) is 8.39. The third kappa shape index (κ3) is 4.69. The molecule has 1 aromatic heterocycles. The molecule has 0 aliphatic rings. The summed E-state index contributed by atoms with van der Waals surface area (Å²) in [5.74, 6) is 0.000353. The van der Waals surface area contributed by atoms with E-state index in [4.69, 9.17) is 0 Å². The molecule has 0 fully saturated rings. The molecule has 3 aromatic rings. The number of anilines is 1. The quantitative estimate of drug-likeness (QED) is 0.582. The van der Waals surface area contributed by atoms with E-state index < -0.39 is 22.0 Å². The maximum atomic E-state index is 12.6. The zero-order valence-corrected chi connectivity index (χ0v) is 18.3. The second-order valence-corrected chi connectivity index (χ2v) is 9.49. The summed E-state index contributed by atoms with van der Waals surface area (Å²) in [6.45, 7) is 1.63. The Kier molecular flexibility index (Phi) is 6.10.